The third kappa shape index (κ3) is 9.48. The normalized spacial score (nSPS) is 18.8. The summed E-state index contributed by atoms with van der Waals surface area (Å²) in [6, 6.07) is 26.3. The van der Waals surface area contributed by atoms with Gasteiger partial charge in [-0.2, -0.15) is 10.2 Å². The van der Waals surface area contributed by atoms with E-state index in [-0.39, 0.29) is 42.1 Å². The summed E-state index contributed by atoms with van der Waals surface area (Å²) in [7, 11) is 0.649. The van der Waals surface area contributed by atoms with Crippen LogP contribution in [0.3, 0.4) is 0 Å². The third-order valence-electron chi connectivity index (χ3n) is 10.7. The maximum Gasteiger partial charge on any atom is 0.280 e. The number of anilines is 1. The second kappa shape index (κ2) is 19.2. The molecular weight excluding hydrogens is 804 g/mol. The molecule has 5 aromatic rings. The van der Waals surface area contributed by atoms with Gasteiger partial charge in [-0.3, -0.25) is 24.5 Å². The number of benzene rings is 3. The number of alkyl halides is 1. The van der Waals surface area contributed by atoms with E-state index in [1.165, 1.54) is 10.9 Å². The number of aromatic amines is 1. The molecule has 1 fully saturated rings. The molecule has 2 aromatic heterocycles. The van der Waals surface area contributed by atoms with Gasteiger partial charge in [-0.25, -0.2) is 14.0 Å². The average molecular weight is 858 g/mol. The highest BCUT2D eigenvalue weighted by Crippen LogP contribution is 2.51. The highest BCUT2D eigenvalue weighted by Gasteiger charge is 2.52. The lowest BCUT2D eigenvalue weighted by atomic mass is 9.80. The Morgan fingerprint density at radius 2 is 1.61 bits per heavy atom. The summed E-state index contributed by atoms with van der Waals surface area (Å²) in [6.45, 7) is 10.6. The predicted octanol–water partition coefficient (Wildman–Crippen LogP) is 7.37. The Morgan fingerprint density at radius 3 is 2.15 bits per heavy atom. The Balaban J connectivity index is 1.45. The number of nitriles is 1. The maximum absolute atomic E-state index is 17.5. The third-order valence-corrected chi connectivity index (χ3v) is 12.5. The van der Waals surface area contributed by atoms with Gasteiger partial charge in [0.1, 0.15) is 29.3 Å². The van der Waals surface area contributed by atoms with Crippen LogP contribution >= 0.6 is 8.53 Å². The maximum atomic E-state index is 17.5. The van der Waals surface area contributed by atoms with Gasteiger partial charge in [0.05, 0.1) is 33.2 Å². The molecule has 61 heavy (non-hydrogen) atoms. The molecular formula is C44H53FN7O8P. The van der Waals surface area contributed by atoms with E-state index in [0.29, 0.717) is 29.0 Å². The molecule has 3 aromatic carbocycles. The van der Waals surface area contributed by atoms with Gasteiger partial charge in [0, 0.05) is 23.9 Å². The standard InChI is InChI=1S/C44H53FN7O8P/c1-27(2)39(53)49-42-48-38-36(40(54)50-42)47-26-51(38)41-37(60-61(55)52(28(3)4)43(5,6)23-12-24-46)35(45)34(59-41)25-58-44(29-13-10-9-11-14-29,30-15-19-32(56-7)20-16-30)31-17-21-33(57-8)22-18-31/h9-11,13-22,26-28,34-35,37,41,55H,12,23,25H2,1-8H3,(H2,48,49,50,53,54)/t34-,35-,37-,41-,61?/m1/s1. The summed E-state index contributed by atoms with van der Waals surface area (Å²) in [5, 5.41) is 12.0. The van der Waals surface area contributed by atoms with Crippen LogP contribution in [-0.4, -0.2) is 85.8 Å². The first-order valence-corrected chi connectivity index (χ1v) is 21.2. The number of nitrogens with zero attached hydrogens (tertiary/aromatic N) is 5. The summed E-state index contributed by atoms with van der Waals surface area (Å²) in [6.07, 6.45) is -4.13. The molecule has 17 heteroatoms. The van der Waals surface area contributed by atoms with Crippen LogP contribution in [0.1, 0.15) is 77.3 Å². The summed E-state index contributed by atoms with van der Waals surface area (Å²) in [5.74, 6) is 0.322. The number of hydrogen-bond acceptors (Lipinski definition) is 12. The fourth-order valence-electron chi connectivity index (χ4n) is 7.64. The highest BCUT2D eigenvalue weighted by atomic mass is 31.2. The lowest BCUT2D eigenvalue weighted by Crippen LogP contribution is -2.45. The van der Waals surface area contributed by atoms with E-state index in [0.717, 1.165) is 5.56 Å². The quantitative estimate of drug-likeness (QED) is 0.0588. The number of hydrogen-bond donors (Lipinski definition) is 3. The van der Waals surface area contributed by atoms with Gasteiger partial charge in [0.15, 0.2) is 23.6 Å². The molecule has 0 aliphatic carbocycles. The molecule has 1 saturated heterocycles. The zero-order valence-electron chi connectivity index (χ0n) is 35.5. The van der Waals surface area contributed by atoms with Crippen molar-refractivity contribution in [3.63, 3.8) is 0 Å². The Labute approximate surface area is 355 Å². The van der Waals surface area contributed by atoms with Crippen molar-refractivity contribution in [1.82, 2.24) is 24.2 Å². The van der Waals surface area contributed by atoms with Crippen molar-refractivity contribution in [3.05, 3.63) is 112 Å². The fourth-order valence-corrected chi connectivity index (χ4v) is 9.14. The van der Waals surface area contributed by atoms with Crippen molar-refractivity contribution in [2.24, 2.45) is 5.92 Å². The molecule has 3 heterocycles. The van der Waals surface area contributed by atoms with Crippen LogP contribution in [0.4, 0.5) is 10.3 Å². The highest BCUT2D eigenvalue weighted by molar-refractivity contribution is 7.43. The molecule has 1 unspecified atom stereocenters. The van der Waals surface area contributed by atoms with Crippen molar-refractivity contribution in [3.8, 4) is 17.6 Å². The molecule has 6 rings (SSSR count). The van der Waals surface area contributed by atoms with E-state index >= 15 is 4.39 Å². The number of carbonyl (C=O) groups excluding carboxylic acids is 1. The first-order chi connectivity index (χ1) is 29.1. The average Bonchev–Trinajstić information content (AvgIpc) is 3.80. The second-order valence-electron chi connectivity index (χ2n) is 15.9. The van der Waals surface area contributed by atoms with Crippen molar-refractivity contribution in [2.75, 3.05) is 26.1 Å². The van der Waals surface area contributed by atoms with E-state index in [9.17, 15) is 19.7 Å². The van der Waals surface area contributed by atoms with Crippen LogP contribution in [0, 0.1) is 17.2 Å². The topological polar surface area (TPSA) is 186 Å². The van der Waals surface area contributed by atoms with Crippen LogP contribution in [0.15, 0.2) is 90.0 Å². The minimum absolute atomic E-state index is 0.0115. The van der Waals surface area contributed by atoms with Gasteiger partial charge in [-0.15, -0.1) is 0 Å². The monoisotopic (exact) mass is 857 g/mol. The van der Waals surface area contributed by atoms with E-state index in [4.69, 9.17) is 23.5 Å². The van der Waals surface area contributed by atoms with E-state index in [2.05, 4.69) is 26.3 Å². The van der Waals surface area contributed by atoms with Crippen LogP contribution in [0.5, 0.6) is 11.5 Å². The minimum Gasteiger partial charge on any atom is -0.497 e. The van der Waals surface area contributed by atoms with Crippen molar-refractivity contribution >= 4 is 31.5 Å². The zero-order chi connectivity index (χ0) is 44.1. The van der Waals surface area contributed by atoms with Crippen molar-refractivity contribution in [1.29, 1.82) is 5.26 Å². The lowest BCUT2D eigenvalue weighted by molar-refractivity contribution is -0.118. The van der Waals surface area contributed by atoms with Crippen LogP contribution in [-0.2, 0) is 24.4 Å². The first-order valence-electron chi connectivity index (χ1n) is 20.0. The van der Waals surface area contributed by atoms with E-state index < -0.39 is 55.8 Å². The summed E-state index contributed by atoms with van der Waals surface area (Å²) in [4.78, 5) is 49.1. The number of H-pyrrole nitrogens is 1. The number of aromatic nitrogens is 4. The molecule has 0 spiro atoms. The molecule has 1 aliphatic heterocycles. The van der Waals surface area contributed by atoms with Gasteiger partial charge in [-0.1, -0.05) is 68.4 Å². The number of imidazole rings is 1. The molecule has 1 aliphatic rings. The van der Waals surface area contributed by atoms with Crippen LogP contribution < -0.4 is 20.3 Å². The van der Waals surface area contributed by atoms with Crippen LogP contribution in [0.2, 0.25) is 0 Å². The largest absolute Gasteiger partial charge is 0.497 e. The van der Waals surface area contributed by atoms with Crippen molar-refractivity contribution in [2.45, 2.75) is 96.2 Å². The lowest BCUT2D eigenvalue weighted by Gasteiger charge is -2.43. The SMILES string of the molecule is COc1ccc(C(OC[C@H]2O[C@@H](n3cnc4c(=O)[nH]c(NC(=O)C(C)C)nc43)[C@H](OP(O)N(C(C)C)C(C)(C)CCC#N)[C@@H]2F)(c2ccccc2)c2ccc(OC)cc2)cc1. The molecule has 0 bridgehead atoms. The second-order valence-corrected chi connectivity index (χ2v) is 17.1. The van der Waals surface area contributed by atoms with Crippen LogP contribution in [0.25, 0.3) is 11.2 Å². The van der Waals surface area contributed by atoms with Gasteiger partial charge in [0.2, 0.25) is 11.9 Å². The predicted molar refractivity (Wildman–Crippen MR) is 229 cm³/mol. The number of fused-ring (bicyclic) bond motifs is 1. The number of methoxy groups -OCH3 is 2. The van der Waals surface area contributed by atoms with Gasteiger partial charge in [0.25, 0.3) is 14.1 Å². The Hall–Kier alpha value is -5.27. The smallest absolute Gasteiger partial charge is 0.280 e. The Bertz CT molecular complexity index is 2300. The van der Waals surface area contributed by atoms with E-state index in [1.807, 2.05) is 107 Å². The van der Waals surface area contributed by atoms with Crippen molar-refractivity contribution < 1.29 is 37.5 Å². The minimum atomic E-state index is -2.51. The van der Waals surface area contributed by atoms with Gasteiger partial charge in [-0.05, 0) is 75.1 Å². The number of nitrogens with one attached hydrogen (secondary N) is 2. The number of ether oxygens (including phenoxy) is 4. The Kier molecular flexibility index (Phi) is 14.2. The number of halogens is 1. The molecule has 0 radical (unpaired) electrons. The summed E-state index contributed by atoms with van der Waals surface area (Å²) < 4.78 is 51.6. The molecule has 5 atom stereocenters. The fraction of sp³-hybridized carbons (Fsp3) is 0.432. The first kappa shape index (κ1) is 45.3. The summed E-state index contributed by atoms with van der Waals surface area (Å²) >= 11 is 0. The van der Waals surface area contributed by atoms with Gasteiger partial charge < -0.3 is 28.4 Å². The number of carbonyl (C=O) groups is 1. The molecule has 324 valence electrons. The molecule has 0 saturated carbocycles. The molecule has 1 amide bonds. The number of rotatable bonds is 18. The van der Waals surface area contributed by atoms with E-state index in [1.54, 1.807) is 32.7 Å². The zero-order valence-corrected chi connectivity index (χ0v) is 36.4. The summed E-state index contributed by atoms with van der Waals surface area (Å²) in [5.41, 5.74) is -0.607. The molecule has 3 N–H and O–H groups in total. The van der Waals surface area contributed by atoms with Gasteiger partial charge >= 0.3 is 0 Å². The molecule has 15 nitrogen and oxygen atoms in total. The number of amides is 1. The Morgan fingerprint density at radius 1 is 1.02 bits per heavy atom.